The number of hydrogen-bond donors (Lipinski definition) is 2. The molecule has 7 rings (SSSR count). The monoisotopic (exact) mass is 539 g/mol. The van der Waals surface area contributed by atoms with E-state index in [2.05, 4.69) is 15.6 Å². The van der Waals surface area contributed by atoms with Gasteiger partial charge in [0.2, 0.25) is 11.8 Å². The Morgan fingerprint density at radius 1 is 1.10 bits per heavy atom. The van der Waals surface area contributed by atoms with Gasteiger partial charge in [0, 0.05) is 29.5 Å². The standard InChI is InChI=1S/C30H26ClN5O3/c31-23-8-2-1-6-21(23)26-35-30(11-5-12-30)28(39)36(26)17-24(37)33-20-10-9-18-15-29(16-19(18)14-20)22-7-3-4-13-32-25(22)34-27(29)38/h1-3,6-10,13-14H,4-5,11-12,15-17H2,(H,33,37)(H,34,38)/t29-/m1/s1. The van der Waals surface area contributed by atoms with E-state index in [4.69, 9.17) is 16.6 Å². The quantitative estimate of drug-likeness (QED) is 0.615. The summed E-state index contributed by atoms with van der Waals surface area (Å²) in [5.74, 6) is 0.571. The highest BCUT2D eigenvalue weighted by atomic mass is 35.5. The van der Waals surface area contributed by atoms with E-state index in [0.717, 1.165) is 29.5 Å². The van der Waals surface area contributed by atoms with Crippen molar-refractivity contribution in [3.8, 4) is 0 Å². The molecule has 1 atom stereocenters. The van der Waals surface area contributed by atoms with E-state index in [1.807, 2.05) is 48.6 Å². The van der Waals surface area contributed by atoms with Crippen LogP contribution in [0.5, 0.6) is 0 Å². The van der Waals surface area contributed by atoms with Crippen LogP contribution in [0.3, 0.4) is 0 Å². The lowest BCUT2D eigenvalue weighted by molar-refractivity contribution is -0.136. The Bertz CT molecular complexity index is 1580. The lowest BCUT2D eigenvalue weighted by Crippen LogP contribution is -2.49. The van der Waals surface area contributed by atoms with Crippen LogP contribution in [0, 0.1) is 5.41 Å². The zero-order chi connectivity index (χ0) is 26.8. The number of carbonyl (C=O) groups excluding carboxylic acids is 3. The first-order chi connectivity index (χ1) is 18.9. The molecule has 2 N–H and O–H groups in total. The number of nitrogens with one attached hydrogen (secondary N) is 2. The molecule has 9 heteroatoms. The fourth-order valence-electron chi connectivity index (χ4n) is 6.31. The van der Waals surface area contributed by atoms with E-state index in [1.54, 1.807) is 12.3 Å². The highest BCUT2D eigenvalue weighted by Gasteiger charge is 2.53. The second kappa shape index (κ2) is 8.74. The van der Waals surface area contributed by atoms with Gasteiger partial charge in [-0.1, -0.05) is 42.0 Å². The Hall–Kier alpha value is -4.04. The van der Waals surface area contributed by atoms with Crippen LogP contribution >= 0.6 is 11.6 Å². The number of amidine groups is 1. The molecule has 3 aliphatic heterocycles. The van der Waals surface area contributed by atoms with Crippen LogP contribution in [0.15, 0.2) is 76.0 Å². The second-order valence-electron chi connectivity index (χ2n) is 10.8. The molecule has 0 unspecified atom stereocenters. The lowest BCUT2D eigenvalue weighted by atomic mass is 9.77. The number of fused-ring (bicyclic) bond motifs is 2. The van der Waals surface area contributed by atoms with Gasteiger partial charge in [0.1, 0.15) is 23.7 Å². The van der Waals surface area contributed by atoms with Gasteiger partial charge in [-0.05, 0) is 67.5 Å². The first-order valence-corrected chi connectivity index (χ1v) is 13.6. The third-order valence-corrected chi connectivity index (χ3v) is 8.80. The van der Waals surface area contributed by atoms with Gasteiger partial charge in [-0.2, -0.15) is 0 Å². The molecule has 3 amide bonds. The van der Waals surface area contributed by atoms with Crippen molar-refractivity contribution in [1.82, 2.24) is 10.2 Å². The van der Waals surface area contributed by atoms with E-state index in [0.29, 0.717) is 53.6 Å². The van der Waals surface area contributed by atoms with Gasteiger partial charge in [0.25, 0.3) is 5.91 Å². The van der Waals surface area contributed by atoms with Gasteiger partial charge in [0.15, 0.2) is 0 Å². The number of halogens is 1. The highest BCUT2D eigenvalue weighted by Crippen LogP contribution is 2.48. The number of rotatable bonds is 4. The minimum atomic E-state index is -0.775. The Labute approximate surface area is 230 Å². The maximum absolute atomic E-state index is 13.4. The minimum absolute atomic E-state index is 0.0400. The van der Waals surface area contributed by atoms with Crippen LogP contribution in [-0.4, -0.2) is 46.8 Å². The van der Waals surface area contributed by atoms with Crippen LogP contribution in [-0.2, 0) is 27.2 Å². The second-order valence-corrected chi connectivity index (χ2v) is 11.2. The number of carbonyl (C=O) groups is 3. The van der Waals surface area contributed by atoms with Gasteiger partial charge >= 0.3 is 0 Å². The zero-order valence-corrected chi connectivity index (χ0v) is 21.9. The van der Waals surface area contributed by atoms with Crippen molar-refractivity contribution in [3.05, 3.63) is 87.7 Å². The normalized spacial score (nSPS) is 24.0. The molecule has 0 bridgehead atoms. The Morgan fingerprint density at radius 2 is 1.92 bits per heavy atom. The van der Waals surface area contributed by atoms with Crippen LogP contribution in [0.4, 0.5) is 5.69 Å². The summed E-state index contributed by atoms with van der Waals surface area (Å²) < 4.78 is 0. The van der Waals surface area contributed by atoms with E-state index < -0.39 is 11.0 Å². The van der Waals surface area contributed by atoms with Crippen LogP contribution in [0.2, 0.25) is 5.02 Å². The smallest absolute Gasteiger partial charge is 0.256 e. The third-order valence-electron chi connectivity index (χ3n) is 8.47. The molecule has 5 aliphatic rings. The number of aliphatic imine (C=N–C) groups is 2. The summed E-state index contributed by atoms with van der Waals surface area (Å²) in [7, 11) is 0. The maximum Gasteiger partial charge on any atom is 0.256 e. The fourth-order valence-corrected chi connectivity index (χ4v) is 6.53. The molecular formula is C30H26ClN5O3. The molecule has 39 heavy (non-hydrogen) atoms. The Balaban J connectivity index is 1.11. The van der Waals surface area contributed by atoms with Gasteiger partial charge in [-0.15, -0.1) is 0 Å². The molecular weight excluding hydrogens is 514 g/mol. The van der Waals surface area contributed by atoms with Crippen molar-refractivity contribution < 1.29 is 14.4 Å². The van der Waals surface area contributed by atoms with Gasteiger partial charge < -0.3 is 10.6 Å². The number of nitrogens with zero attached hydrogens (tertiary/aromatic N) is 3. The molecule has 3 heterocycles. The number of hydrogen-bond acceptors (Lipinski definition) is 5. The molecule has 2 aromatic carbocycles. The lowest BCUT2D eigenvalue weighted by Gasteiger charge is -2.33. The van der Waals surface area contributed by atoms with Gasteiger partial charge in [-0.25, -0.2) is 4.99 Å². The van der Waals surface area contributed by atoms with E-state index in [-0.39, 0.29) is 24.3 Å². The number of benzene rings is 2. The molecule has 0 aromatic heterocycles. The van der Waals surface area contributed by atoms with Crippen molar-refractivity contribution in [2.24, 2.45) is 15.4 Å². The first kappa shape index (κ1) is 24.0. The van der Waals surface area contributed by atoms with Crippen molar-refractivity contribution in [2.75, 3.05) is 11.9 Å². The van der Waals surface area contributed by atoms with Crippen LogP contribution in [0.25, 0.3) is 0 Å². The highest BCUT2D eigenvalue weighted by molar-refractivity contribution is 6.35. The summed E-state index contributed by atoms with van der Waals surface area (Å²) >= 11 is 6.44. The molecule has 196 valence electrons. The zero-order valence-electron chi connectivity index (χ0n) is 21.2. The largest absolute Gasteiger partial charge is 0.325 e. The predicted molar refractivity (Wildman–Crippen MR) is 149 cm³/mol. The average Bonchev–Trinajstić information content (AvgIpc) is 3.41. The van der Waals surface area contributed by atoms with Crippen molar-refractivity contribution in [3.63, 3.8) is 0 Å². The summed E-state index contributed by atoms with van der Waals surface area (Å²) in [6, 6.07) is 13.0. The summed E-state index contributed by atoms with van der Waals surface area (Å²) in [5, 5.41) is 6.40. The number of anilines is 1. The Kier molecular flexibility index (Phi) is 5.39. The van der Waals surface area contributed by atoms with E-state index in [9.17, 15) is 14.4 Å². The molecule has 1 fully saturated rings. The summed E-state index contributed by atoms with van der Waals surface area (Å²) in [5.41, 5.74) is 2.83. The first-order valence-electron chi connectivity index (χ1n) is 13.2. The van der Waals surface area contributed by atoms with E-state index >= 15 is 0 Å². The molecule has 0 radical (unpaired) electrons. The predicted octanol–water partition coefficient (Wildman–Crippen LogP) is 3.95. The molecule has 2 aromatic rings. The molecule has 8 nitrogen and oxygen atoms in total. The SMILES string of the molecule is O=C(CN1C(=O)C2(CCC2)N=C1c1ccccc1Cl)Nc1ccc2c(c1)C[C@@]1(C2)C(=O)NC2=C1C=CCC=N2. The van der Waals surface area contributed by atoms with Crippen molar-refractivity contribution in [2.45, 2.75) is 44.1 Å². The van der Waals surface area contributed by atoms with E-state index in [1.165, 1.54) is 4.90 Å². The van der Waals surface area contributed by atoms with Gasteiger partial charge in [0.05, 0.1) is 10.4 Å². The minimum Gasteiger partial charge on any atom is -0.325 e. The van der Waals surface area contributed by atoms with Crippen LogP contribution in [0.1, 0.15) is 42.4 Å². The maximum atomic E-state index is 13.4. The summed E-state index contributed by atoms with van der Waals surface area (Å²) in [6.45, 7) is -0.160. The van der Waals surface area contributed by atoms with Gasteiger partial charge in [-0.3, -0.25) is 24.3 Å². The summed E-state index contributed by atoms with van der Waals surface area (Å²) in [6.07, 6.45) is 9.97. The Morgan fingerprint density at radius 3 is 2.72 bits per heavy atom. The summed E-state index contributed by atoms with van der Waals surface area (Å²) in [4.78, 5) is 50.4. The average molecular weight is 540 g/mol. The van der Waals surface area contributed by atoms with Crippen molar-refractivity contribution in [1.29, 1.82) is 0 Å². The molecule has 0 saturated heterocycles. The fraction of sp³-hybridized carbons (Fsp3) is 0.300. The topological polar surface area (TPSA) is 103 Å². The van der Waals surface area contributed by atoms with Crippen molar-refractivity contribution >= 4 is 47.1 Å². The molecule has 2 spiro atoms. The number of allylic oxidation sites excluding steroid dienone is 2. The third kappa shape index (κ3) is 3.69. The number of amides is 3. The molecule has 2 aliphatic carbocycles. The van der Waals surface area contributed by atoms with Crippen LogP contribution < -0.4 is 10.6 Å². The molecule has 1 saturated carbocycles.